The highest BCUT2D eigenvalue weighted by molar-refractivity contribution is 14.1. The summed E-state index contributed by atoms with van der Waals surface area (Å²) in [5.41, 5.74) is 0.0160. The van der Waals surface area contributed by atoms with E-state index in [1.807, 2.05) is 0 Å². The van der Waals surface area contributed by atoms with Gasteiger partial charge < -0.3 is 4.74 Å². The molecule has 7 heteroatoms. The Balaban J connectivity index is 3.18. The van der Waals surface area contributed by atoms with Crippen molar-refractivity contribution in [2.75, 3.05) is 7.11 Å². The Hall–Kier alpha value is -0.310. The van der Waals surface area contributed by atoms with E-state index < -0.39 is 12.4 Å². The molecule has 1 aromatic heterocycles. The molecule has 0 unspecified atom stereocenters. The third-order valence-corrected chi connectivity index (χ3v) is 4.31. The van der Waals surface area contributed by atoms with Crippen LogP contribution < -0.4 is 0 Å². The van der Waals surface area contributed by atoms with Crippen LogP contribution in [-0.2, 0) is 16.0 Å². The molecule has 0 aliphatic carbocycles. The topological polar surface area (TPSA) is 39.2 Å². The maximum Gasteiger partial charge on any atom is 0.310 e. The predicted octanol–water partition coefficient (Wildman–Crippen LogP) is 3.10. The van der Waals surface area contributed by atoms with Crippen LogP contribution in [0.3, 0.4) is 0 Å². The Morgan fingerprint density at radius 2 is 2.31 bits per heavy atom. The van der Waals surface area contributed by atoms with Gasteiger partial charge in [-0.05, 0) is 44.1 Å². The lowest BCUT2D eigenvalue weighted by atomic mass is 10.1. The van der Waals surface area contributed by atoms with Gasteiger partial charge in [0.1, 0.15) is 4.60 Å². The zero-order chi connectivity index (χ0) is 12.3. The number of hydrogen-bond donors (Lipinski definition) is 0. The van der Waals surface area contributed by atoms with E-state index in [-0.39, 0.29) is 17.5 Å². The van der Waals surface area contributed by atoms with Crippen LogP contribution in [0.4, 0.5) is 8.78 Å². The first-order chi connectivity index (χ1) is 7.47. The van der Waals surface area contributed by atoms with Gasteiger partial charge in [0.15, 0.2) is 0 Å². The molecule has 0 aliphatic rings. The van der Waals surface area contributed by atoms with Gasteiger partial charge >= 0.3 is 5.97 Å². The van der Waals surface area contributed by atoms with Crippen molar-refractivity contribution in [1.82, 2.24) is 4.98 Å². The molecular formula is C9H7BrF2INO2. The highest BCUT2D eigenvalue weighted by Crippen LogP contribution is 2.31. The van der Waals surface area contributed by atoms with Crippen LogP contribution in [-0.4, -0.2) is 18.1 Å². The molecule has 0 bridgehead atoms. The second kappa shape index (κ2) is 5.85. The summed E-state index contributed by atoms with van der Waals surface area (Å²) in [4.78, 5) is 14.9. The number of pyridine rings is 1. The number of hydrogen-bond acceptors (Lipinski definition) is 3. The van der Waals surface area contributed by atoms with Crippen LogP contribution in [0.25, 0.3) is 0 Å². The lowest BCUT2D eigenvalue weighted by Crippen LogP contribution is -2.09. The van der Waals surface area contributed by atoms with Gasteiger partial charge in [0.05, 0.1) is 17.1 Å². The van der Waals surface area contributed by atoms with E-state index in [0.29, 0.717) is 8.17 Å². The molecule has 3 nitrogen and oxygen atoms in total. The summed E-state index contributed by atoms with van der Waals surface area (Å²) >= 11 is 4.83. The number of rotatable bonds is 3. The predicted molar refractivity (Wildman–Crippen MR) is 65.3 cm³/mol. The minimum atomic E-state index is -2.65. The number of carbonyl (C=O) groups excluding carboxylic acids is 1. The molecule has 0 N–H and O–H groups in total. The Morgan fingerprint density at radius 1 is 1.69 bits per heavy atom. The summed E-state index contributed by atoms with van der Waals surface area (Å²) in [6.07, 6.45) is -1.59. The quantitative estimate of drug-likeness (QED) is 0.440. The molecule has 1 rings (SSSR count). The molecule has 0 amide bonds. The van der Waals surface area contributed by atoms with Crippen molar-refractivity contribution in [1.29, 1.82) is 0 Å². The maximum absolute atomic E-state index is 12.8. The summed E-state index contributed by atoms with van der Waals surface area (Å²) in [6.45, 7) is 0. The van der Waals surface area contributed by atoms with Crippen molar-refractivity contribution in [2.45, 2.75) is 12.8 Å². The van der Waals surface area contributed by atoms with E-state index in [1.165, 1.54) is 13.3 Å². The summed E-state index contributed by atoms with van der Waals surface area (Å²) in [6, 6.07) is 0. The highest BCUT2D eigenvalue weighted by Gasteiger charge is 2.21. The Labute approximate surface area is 113 Å². The first-order valence-corrected chi connectivity index (χ1v) is 6.02. The Morgan fingerprint density at radius 3 is 2.81 bits per heavy atom. The van der Waals surface area contributed by atoms with Crippen molar-refractivity contribution in [2.24, 2.45) is 0 Å². The molecule has 0 spiro atoms. The van der Waals surface area contributed by atoms with E-state index in [1.54, 1.807) is 22.6 Å². The summed E-state index contributed by atoms with van der Waals surface area (Å²) in [5.74, 6) is -0.568. The summed E-state index contributed by atoms with van der Waals surface area (Å²) in [7, 11) is 1.21. The molecule has 0 saturated carbocycles. The lowest BCUT2D eigenvalue weighted by Gasteiger charge is -2.10. The van der Waals surface area contributed by atoms with Crippen LogP contribution in [0.1, 0.15) is 17.6 Å². The second-order valence-corrected chi connectivity index (χ2v) is 4.69. The number of aromatic nitrogens is 1. The number of ether oxygens (including phenoxy) is 1. The van der Waals surface area contributed by atoms with Crippen LogP contribution in [0.2, 0.25) is 0 Å². The fourth-order valence-electron chi connectivity index (χ4n) is 1.12. The van der Waals surface area contributed by atoms with Gasteiger partial charge in [-0.25, -0.2) is 13.8 Å². The van der Waals surface area contributed by atoms with Crippen molar-refractivity contribution in [3.8, 4) is 0 Å². The number of methoxy groups -OCH3 is 1. The van der Waals surface area contributed by atoms with E-state index in [4.69, 9.17) is 0 Å². The van der Waals surface area contributed by atoms with Crippen LogP contribution in [0.5, 0.6) is 0 Å². The third kappa shape index (κ3) is 3.09. The minimum absolute atomic E-state index is 0.173. The van der Waals surface area contributed by atoms with Crippen molar-refractivity contribution in [3.05, 3.63) is 25.5 Å². The normalized spacial score (nSPS) is 10.6. The summed E-state index contributed by atoms with van der Waals surface area (Å²) in [5, 5.41) is 0. The number of nitrogens with zero attached hydrogens (tertiary/aromatic N) is 1. The van der Waals surface area contributed by atoms with E-state index >= 15 is 0 Å². The molecule has 0 radical (unpaired) electrons. The van der Waals surface area contributed by atoms with Crippen LogP contribution in [0.15, 0.2) is 10.8 Å². The third-order valence-electron chi connectivity index (χ3n) is 1.88. The Kier molecular flexibility index (Phi) is 5.03. The standard InChI is InChI=1S/C9H7BrF2INO2/c1-16-5(15)2-4-3-14-8(10)7(13)6(4)9(11)12/h3,9H,2H2,1H3. The first kappa shape index (κ1) is 13.8. The van der Waals surface area contributed by atoms with E-state index in [2.05, 4.69) is 25.7 Å². The fraction of sp³-hybridized carbons (Fsp3) is 0.333. The zero-order valence-electron chi connectivity index (χ0n) is 8.14. The number of alkyl halides is 2. The number of halogens is 4. The number of carbonyl (C=O) groups is 1. The summed E-state index contributed by atoms with van der Waals surface area (Å²) < 4.78 is 30.7. The SMILES string of the molecule is COC(=O)Cc1cnc(Br)c(I)c1C(F)F. The van der Waals surface area contributed by atoms with Gasteiger partial charge in [-0.1, -0.05) is 0 Å². The van der Waals surface area contributed by atoms with Crippen molar-refractivity contribution < 1.29 is 18.3 Å². The molecule has 0 saturated heterocycles. The number of esters is 1. The highest BCUT2D eigenvalue weighted by atomic mass is 127. The van der Waals surface area contributed by atoms with Gasteiger partial charge in [0.2, 0.25) is 0 Å². The second-order valence-electron chi connectivity index (χ2n) is 2.86. The zero-order valence-corrected chi connectivity index (χ0v) is 11.9. The Bertz CT molecular complexity index is 415. The molecule has 0 aromatic carbocycles. The average Bonchev–Trinajstić information content (AvgIpc) is 2.23. The van der Waals surface area contributed by atoms with Gasteiger partial charge in [0.25, 0.3) is 6.43 Å². The molecule has 0 atom stereocenters. The van der Waals surface area contributed by atoms with Gasteiger partial charge in [-0.3, -0.25) is 4.79 Å². The molecule has 1 aromatic rings. The monoisotopic (exact) mass is 405 g/mol. The van der Waals surface area contributed by atoms with Crippen LogP contribution >= 0.6 is 38.5 Å². The molecule has 16 heavy (non-hydrogen) atoms. The van der Waals surface area contributed by atoms with Gasteiger partial charge in [0, 0.05) is 11.8 Å². The van der Waals surface area contributed by atoms with Crippen molar-refractivity contribution in [3.63, 3.8) is 0 Å². The van der Waals surface area contributed by atoms with E-state index in [9.17, 15) is 13.6 Å². The average molecular weight is 406 g/mol. The molecule has 88 valence electrons. The van der Waals surface area contributed by atoms with Crippen molar-refractivity contribution >= 4 is 44.5 Å². The van der Waals surface area contributed by atoms with Gasteiger partial charge in [-0.15, -0.1) is 0 Å². The van der Waals surface area contributed by atoms with Crippen LogP contribution in [0, 0.1) is 3.57 Å². The molecule has 0 fully saturated rings. The molecule has 0 aliphatic heterocycles. The molecule has 1 heterocycles. The largest absolute Gasteiger partial charge is 0.469 e. The smallest absolute Gasteiger partial charge is 0.310 e. The maximum atomic E-state index is 12.8. The van der Waals surface area contributed by atoms with E-state index in [0.717, 1.165) is 0 Å². The fourth-order valence-corrected chi connectivity index (χ4v) is 2.15. The lowest BCUT2D eigenvalue weighted by molar-refractivity contribution is -0.139. The molecular weight excluding hydrogens is 399 g/mol. The van der Waals surface area contributed by atoms with Gasteiger partial charge in [-0.2, -0.15) is 0 Å². The first-order valence-electron chi connectivity index (χ1n) is 4.15. The minimum Gasteiger partial charge on any atom is -0.469 e.